The number of hydrogen-bond donors (Lipinski definition) is 2. The maximum atomic E-state index is 14.6. The van der Waals surface area contributed by atoms with Crippen LogP contribution in [0, 0.1) is 5.82 Å². The van der Waals surface area contributed by atoms with Crippen LogP contribution in [0.2, 0.25) is 5.02 Å². The van der Waals surface area contributed by atoms with E-state index < -0.39 is 9.84 Å². The molecular weight excluding hydrogens is 530 g/mol. The highest BCUT2D eigenvalue weighted by Crippen LogP contribution is 2.32. The van der Waals surface area contributed by atoms with Crippen molar-refractivity contribution >= 4 is 51.4 Å². The van der Waals surface area contributed by atoms with Crippen LogP contribution in [0.15, 0.2) is 23.2 Å². The zero-order chi connectivity index (χ0) is 20.1. The van der Waals surface area contributed by atoms with Crippen molar-refractivity contribution in [3.63, 3.8) is 0 Å². The Morgan fingerprint density at radius 3 is 2.69 bits per heavy atom. The molecule has 0 aromatic heterocycles. The number of halogens is 3. The topological polar surface area (TPSA) is 73.8 Å². The number of nitrogens with one attached hydrogen (secondary N) is 2. The first-order valence-corrected chi connectivity index (χ1v) is 12.0. The molecule has 2 unspecified atom stereocenters. The highest BCUT2D eigenvalue weighted by Gasteiger charge is 2.30. The Bertz CT molecular complexity index is 798. The minimum atomic E-state index is -2.98. The number of likely N-dealkylation sites (tertiary alicyclic amines) is 1. The van der Waals surface area contributed by atoms with Crippen molar-refractivity contribution in [2.45, 2.75) is 38.3 Å². The third-order valence-corrected chi connectivity index (χ3v) is 7.35. The number of benzene rings is 1. The molecular formula is C19H29ClFIN4O2S. The number of aliphatic imine (C=N–C) groups is 1. The first-order chi connectivity index (χ1) is 13.4. The summed E-state index contributed by atoms with van der Waals surface area (Å²) in [6, 6.07) is 4.35. The third-order valence-electron chi connectivity index (χ3n) is 5.25. The average molecular weight is 559 g/mol. The molecule has 0 spiro atoms. The second-order valence-corrected chi connectivity index (χ2v) is 9.99. The second-order valence-electron chi connectivity index (χ2n) is 7.36. The summed E-state index contributed by atoms with van der Waals surface area (Å²) in [5.41, 5.74) is 0.481. The molecule has 1 aromatic carbocycles. The number of nitrogens with zero attached hydrogens (tertiary/aromatic N) is 2. The number of guanidine groups is 1. The van der Waals surface area contributed by atoms with Crippen LogP contribution in [-0.2, 0) is 9.84 Å². The van der Waals surface area contributed by atoms with Gasteiger partial charge in [-0.15, -0.1) is 24.0 Å². The molecule has 2 fully saturated rings. The molecule has 2 saturated heterocycles. The number of sulfone groups is 1. The fraction of sp³-hybridized carbons (Fsp3) is 0.632. The zero-order valence-electron chi connectivity index (χ0n) is 16.5. The Hall–Kier alpha value is -0.650. The molecule has 2 atom stereocenters. The summed E-state index contributed by atoms with van der Waals surface area (Å²) in [6.45, 7) is 4.72. The Labute approximate surface area is 194 Å². The summed E-state index contributed by atoms with van der Waals surface area (Å²) in [6.07, 6.45) is 2.72. The van der Waals surface area contributed by atoms with E-state index in [1.807, 2.05) is 6.92 Å². The van der Waals surface area contributed by atoms with Gasteiger partial charge >= 0.3 is 0 Å². The Morgan fingerprint density at radius 2 is 2.10 bits per heavy atom. The van der Waals surface area contributed by atoms with Crippen molar-refractivity contribution in [3.8, 4) is 0 Å². The van der Waals surface area contributed by atoms with Gasteiger partial charge in [-0.3, -0.25) is 9.89 Å². The lowest BCUT2D eigenvalue weighted by atomic mass is 10.0. The van der Waals surface area contributed by atoms with Gasteiger partial charge in [-0.25, -0.2) is 12.8 Å². The highest BCUT2D eigenvalue weighted by atomic mass is 127. The molecule has 1 aromatic rings. The van der Waals surface area contributed by atoms with E-state index in [9.17, 15) is 12.8 Å². The lowest BCUT2D eigenvalue weighted by molar-refractivity contribution is 0.246. The van der Waals surface area contributed by atoms with Crippen LogP contribution < -0.4 is 10.6 Å². The Kier molecular flexibility index (Phi) is 9.43. The molecule has 0 bridgehead atoms. The molecule has 2 N–H and O–H groups in total. The predicted molar refractivity (Wildman–Crippen MR) is 127 cm³/mol. The average Bonchev–Trinajstić information content (AvgIpc) is 3.27. The first kappa shape index (κ1) is 24.6. The lowest BCUT2D eigenvalue weighted by Gasteiger charge is -2.28. The van der Waals surface area contributed by atoms with Gasteiger partial charge in [-0.2, -0.15) is 0 Å². The molecule has 2 aliphatic rings. The lowest BCUT2D eigenvalue weighted by Crippen LogP contribution is -2.44. The summed E-state index contributed by atoms with van der Waals surface area (Å²) in [5.74, 6) is 0.554. The van der Waals surface area contributed by atoms with Gasteiger partial charge in [0.05, 0.1) is 24.1 Å². The van der Waals surface area contributed by atoms with Crippen LogP contribution in [0.3, 0.4) is 0 Å². The van der Waals surface area contributed by atoms with Gasteiger partial charge in [0, 0.05) is 23.2 Å². The van der Waals surface area contributed by atoms with E-state index in [4.69, 9.17) is 11.6 Å². The Balaban J connectivity index is 0.00000300. The van der Waals surface area contributed by atoms with Crippen molar-refractivity contribution in [2.24, 2.45) is 4.99 Å². The summed E-state index contributed by atoms with van der Waals surface area (Å²) < 4.78 is 38.0. The normalized spacial score (nSPS) is 22.9. The van der Waals surface area contributed by atoms with Gasteiger partial charge in [0.1, 0.15) is 5.82 Å². The van der Waals surface area contributed by atoms with Crippen LogP contribution in [-0.4, -0.2) is 63.0 Å². The van der Waals surface area contributed by atoms with Crippen molar-refractivity contribution in [1.82, 2.24) is 15.5 Å². The molecule has 6 nitrogen and oxygen atoms in total. The quantitative estimate of drug-likeness (QED) is 0.319. The minimum Gasteiger partial charge on any atom is -0.357 e. The standard InChI is InChI=1S/C19H28ClFN4O2S.HI/c1-2-22-19(24-14-8-11-28(26,27)13-14)23-12-17(25-9-3-4-10-25)18-15(20)6-5-7-16(18)21;/h5-7,14,17H,2-4,8-13H2,1H3,(H2,22,23,24);1H. The van der Waals surface area contributed by atoms with Crippen molar-refractivity contribution < 1.29 is 12.8 Å². The molecule has 2 aliphatic heterocycles. The van der Waals surface area contributed by atoms with E-state index in [2.05, 4.69) is 20.5 Å². The Morgan fingerprint density at radius 1 is 1.38 bits per heavy atom. The van der Waals surface area contributed by atoms with Crippen LogP contribution in [0.25, 0.3) is 0 Å². The molecule has 29 heavy (non-hydrogen) atoms. The summed E-state index contributed by atoms with van der Waals surface area (Å²) >= 11 is 6.33. The molecule has 10 heteroatoms. The maximum absolute atomic E-state index is 14.6. The second kappa shape index (κ2) is 11.1. The van der Waals surface area contributed by atoms with E-state index in [0.717, 1.165) is 25.9 Å². The minimum absolute atomic E-state index is 0. The zero-order valence-corrected chi connectivity index (χ0v) is 20.4. The van der Waals surface area contributed by atoms with E-state index in [1.165, 1.54) is 6.07 Å². The molecule has 164 valence electrons. The predicted octanol–water partition coefficient (Wildman–Crippen LogP) is 2.98. The van der Waals surface area contributed by atoms with Gasteiger partial charge in [0.25, 0.3) is 0 Å². The molecule has 2 heterocycles. The molecule has 0 saturated carbocycles. The monoisotopic (exact) mass is 558 g/mol. The molecule has 3 rings (SSSR count). The van der Waals surface area contributed by atoms with Crippen molar-refractivity contribution in [3.05, 3.63) is 34.6 Å². The number of rotatable bonds is 6. The van der Waals surface area contributed by atoms with Gasteiger partial charge in [0.2, 0.25) is 0 Å². The molecule has 0 radical (unpaired) electrons. The van der Waals surface area contributed by atoms with E-state index in [1.54, 1.807) is 12.1 Å². The highest BCUT2D eigenvalue weighted by molar-refractivity contribution is 14.0. The third kappa shape index (κ3) is 6.67. The molecule has 0 aliphatic carbocycles. The smallest absolute Gasteiger partial charge is 0.191 e. The van der Waals surface area contributed by atoms with Crippen molar-refractivity contribution in [2.75, 3.05) is 37.7 Å². The van der Waals surface area contributed by atoms with E-state index in [0.29, 0.717) is 36.1 Å². The largest absolute Gasteiger partial charge is 0.357 e. The SMILES string of the molecule is CCNC(=NCC(c1c(F)cccc1Cl)N1CCCC1)NC1CCS(=O)(=O)C1.I. The molecule has 0 amide bonds. The maximum Gasteiger partial charge on any atom is 0.191 e. The van der Waals surface area contributed by atoms with E-state index in [-0.39, 0.29) is 53.4 Å². The van der Waals surface area contributed by atoms with Crippen LogP contribution in [0.4, 0.5) is 4.39 Å². The number of hydrogen-bond acceptors (Lipinski definition) is 4. The summed E-state index contributed by atoms with van der Waals surface area (Å²) in [4.78, 5) is 6.88. The fourth-order valence-electron chi connectivity index (χ4n) is 3.87. The fourth-order valence-corrected chi connectivity index (χ4v) is 5.83. The van der Waals surface area contributed by atoms with Gasteiger partial charge in [-0.05, 0) is 51.4 Å². The van der Waals surface area contributed by atoms with Crippen LogP contribution >= 0.6 is 35.6 Å². The van der Waals surface area contributed by atoms with E-state index >= 15 is 0 Å². The van der Waals surface area contributed by atoms with Gasteiger partial charge < -0.3 is 10.6 Å². The van der Waals surface area contributed by atoms with Crippen LogP contribution in [0.5, 0.6) is 0 Å². The van der Waals surface area contributed by atoms with Gasteiger partial charge in [-0.1, -0.05) is 17.7 Å². The van der Waals surface area contributed by atoms with Crippen molar-refractivity contribution in [1.29, 1.82) is 0 Å². The summed E-state index contributed by atoms with van der Waals surface area (Å²) in [7, 11) is -2.98. The summed E-state index contributed by atoms with van der Waals surface area (Å²) in [5, 5.41) is 6.79. The van der Waals surface area contributed by atoms with Gasteiger partial charge in [0.15, 0.2) is 15.8 Å². The van der Waals surface area contributed by atoms with Crippen LogP contribution in [0.1, 0.15) is 37.8 Å². The first-order valence-electron chi connectivity index (χ1n) is 9.83.